The van der Waals surface area contributed by atoms with Gasteiger partial charge in [0.05, 0.1) is 19.8 Å². The summed E-state index contributed by atoms with van der Waals surface area (Å²) in [4.78, 5) is 0. The van der Waals surface area contributed by atoms with Crippen LogP contribution in [-0.2, 0) is 0 Å². The highest BCUT2D eigenvalue weighted by molar-refractivity contribution is 5.44. The van der Waals surface area contributed by atoms with Crippen molar-refractivity contribution < 1.29 is 14.6 Å². The van der Waals surface area contributed by atoms with Gasteiger partial charge >= 0.3 is 0 Å². The standard InChI is InChI=1S/C18H22O3/c1-13-11-14(2)18(17(12-13)20-3)16(19)9-10-21-15-7-5-4-6-8-15/h4-8,11-12,16,19H,9-10H2,1-3H3. The molecule has 0 aromatic heterocycles. The van der Waals surface area contributed by atoms with Gasteiger partial charge in [0, 0.05) is 12.0 Å². The molecule has 2 rings (SSSR count). The van der Waals surface area contributed by atoms with Gasteiger partial charge in [0.1, 0.15) is 11.5 Å². The average Bonchev–Trinajstić information content (AvgIpc) is 2.47. The smallest absolute Gasteiger partial charge is 0.125 e. The van der Waals surface area contributed by atoms with Crippen molar-refractivity contribution in [1.29, 1.82) is 0 Å². The third-order valence-corrected chi connectivity index (χ3v) is 3.45. The summed E-state index contributed by atoms with van der Waals surface area (Å²) in [6.45, 7) is 4.47. The molecule has 21 heavy (non-hydrogen) atoms. The summed E-state index contributed by atoms with van der Waals surface area (Å²) in [5, 5.41) is 10.4. The Morgan fingerprint density at radius 3 is 2.48 bits per heavy atom. The van der Waals surface area contributed by atoms with Crippen LogP contribution >= 0.6 is 0 Å². The van der Waals surface area contributed by atoms with Gasteiger partial charge in [-0.25, -0.2) is 0 Å². The SMILES string of the molecule is COc1cc(C)cc(C)c1C(O)CCOc1ccccc1. The van der Waals surface area contributed by atoms with Gasteiger partial charge in [-0.2, -0.15) is 0 Å². The van der Waals surface area contributed by atoms with Crippen molar-refractivity contribution in [2.24, 2.45) is 0 Å². The van der Waals surface area contributed by atoms with Crippen LogP contribution in [0.15, 0.2) is 42.5 Å². The fraction of sp³-hybridized carbons (Fsp3) is 0.333. The van der Waals surface area contributed by atoms with E-state index < -0.39 is 6.10 Å². The minimum Gasteiger partial charge on any atom is -0.496 e. The number of rotatable bonds is 6. The quantitative estimate of drug-likeness (QED) is 0.877. The van der Waals surface area contributed by atoms with Crippen LogP contribution < -0.4 is 9.47 Å². The van der Waals surface area contributed by atoms with Crippen molar-refractivity contribution in [2.45, 2.75) is 26.4 Å². The van der Waals surface area contributed by atoms with Gasteiger partial charge in [0.25, 0.3) is 0 Å². The van der Waals surface area contributed by atoms with Gasteiger partial charge in [-0.15, -0.1) is 0 Å². The average molecular weight is 286 g/mol. The summed E-state index contributed by atoms with van der Waals surface area (Å²) in [6.07, 6.45) is -0.0703. The van der Waals surface area contributed by atoms with Gasteiger partial charge in [-0.3, -0.25) is 0 Å². The monoisotopic (exact) mass is 286 g/mol. The zero-order valence-electron chi connectivity index (χ0n) is 12.8. The van der Waals surface area contributed by atoms with E-state index in [2.05, 4.69) is 6.07 Å². The van der Waals surface area contributed by atoms with Gasteiger partial charge < -0.3 is 14.6 Å². The Morgan fingerprint density at radius 2 is 1.81 bits per heavy atom. The number of hydrogen-bond acceptors (Lipinski definition) is 3. The van der Waals surface area contributed by atoms with Crippen LogP contribution in [0.25, 0.3) is 0 Å². The fourth-order valence-electron chi connectivity index (χ4n) is 2.49. The summed E-state index contributed by atoms with van der Waals surface area (Å²) >= 11 is 0. The van der Waals surface area contributed by atoms with E-state index in [0.29, 0.717) is 13.0 Å². The summed E-state index contributed by atoms with van der Waals surface area (Å²) < 4.78 is 11.0. The zero-order chi connectivity index (χ0) is 15.2. The largest absolute Gasteiger partial charge is 0.496 e. The third-order valence-electron chi connectivity index (χ3n) is 3.45. The second-order valence-corrected chi connectivity index (χ2v) is 5.16. The van der Waals surface area contributed by atoms with E-state index in [1.807, 2.05) is 50.2 Å². The lowest BCUT2D eigenvalue weighted by molar-refractivity contribution is 0.137. The highest BCUT2D eigenvalue weighted by Crippen LogP contribution is 2.31. The highest BCUT2D eigenvalue weighted by atomic mass is 16.5. The minimum absolute atomic E-state index is 0.460. The lowest BCUT2D eigenvalue weighted by Gasteiger charge is -2.18. The molecule has 1 atom stereocenters. The molecule has 3 nitrogen and oxygen atoms in total. The van der Waals surface area contributed by atoms with Crippen LogP contribution in [0.5, 0.6) is 11.5 Å². The van der Waals surface area contributed by atoms with Crippen molar-refractivity contribution in [3.8, 4) is 11.5 Å². The summed E-state index contributed by atoms with van der Waals surface area (Å²) in [6, 6.07) is 13.6. The van der Waals surface area contributed by atoms with Crippen molar-refractivity contribution in [2.75, 3.05) is 13.7 Å². The van der Waals surface area contributed by atoms with E-state index in [9.17, 15) is 5.11 Å². The second-order valence-electron chi connectivity index (χ2n) is 5.16. The lowest BCUT2D eigenvalue weighted by atomic mass is 9.98. The number of benzene rings is 2. The Hall–Kier alpha value is -2.00. The molecule has 1 unspecified atom stereocenters. The molecule has 0 aliphatic carbocycles. The highest BCUT2D eigenvalue weighted by Gasteiger charge is 2.16. The van der Waals surface area contributed by atoms with Crippen LogP contribution in [0.4, 0.5) is 0 Å². The Labute approximate surface area is 126 Å². The molecule has 0 amide bonds. The van der Waals surface area contributed by atoms with Crippen LogP contribution in [0.1, 0.15) is 29.2 Å². The molecule has 0 radical (unpaired) electrons. The Balaban J connectivity index is 2.02. The molecule has 3 heteroatoms. The number of aliphatic hydroxyl groups is 1. The first-order valence-electron chi connectivity index (χ1n) is 7.13. The van der Waals surface area contributed by atoms with Crippen molar-refractivity contribution in [1.82, 2.24) is 0 Å². The van der Waals surface area contributed by atoms with Crippen molar-refractivity contribution in [3.63, 3.8) is 0 Å². The molecule has 2 aromatic carbocycles. The van der Waals surface area contributed by atoms with E-state index in [1.54, 1.807) is 7.11 Å². The number of aryl methyl sites for hydroxylation is 2. The Bertz CT molecular complexity index is 579. The molecule has 0 fully saturated rings. The van der Waals surface area contributed by atoms with Crippen molar-refractivity contribution in [3.05, 3.63) is 59.2 Å². The molecule has 112 valence electrons. The predicted molar refractivity (Wildman–Crippen MR) is 84.0 cm³/mol. The van der Waals surface area contributed by atoms with E-state index in [1.165, 1.54) is 0 Å². The zero-order valence-corrected chi connectivity index (χ0v) is 12.8. The maximum Gasteiger partial charge on any atom is 0.125 e. The summed E-state index contributed by atoms with van der Waals surface area (Å²) in [7, 11) is 1.63. The maximum absolute atomic E-state index is 10.4. The normalized spacial score (nSPS) is 12.0. The molecule has 0 aliphatic heterocycles. The molecule has 0 bridgehead atoms. The van der Waals surface area contributed by atoms with Gasteiger partial charge in [0.2, 0.25) is 0 Å². The van der Waals surface area contributed by atoms with Gasteiger partial charge in [0.15, 0.2) is 0 Å². The lowest BCUT2D eigenvalue weighted by Crippen LogP contribution is -2.08. The first kappa shape index (κ1) is 15.4. The minimum atomic E-state index is -0.593. The number of hydrogen-bond donors (Lipinski definition) is 1. The van der Waals surface area contributed by atoms with Crippen LogP contribution in [0.3, 0.4) is 0 Å². The Kier molecular flexibility index (Phi) is 5.23. The second kappa shape index (κ2) is 7.14. The van der Waals surface area contributed by atoms with E-state index >= 15 is 0 Å². The molecular weight excluding hydrogens is 264 g/mol. The molecule has 0 saturated heterocycles. The van der Waals surface area contributed by atoms with Gasteiger partial charge in [-0.05, 0) is 43.2 Å². The number of aliphatic hydroxyl groups excluding tert-OH is 1. The van der Waals surface area contributed by atoms with Crippen molar-refractivity contribution >= 4 is 0 Å². The predicted octanol–water partition coefficient (Wildman–Crippen LogP) is 3.81. The number of methoxy groups -OCH3 is 1. The first-order chi connectivity index (χ1) is 10.1. The fourth-order valence-corrected chi connectivity index (χ4v) is 2.49. The summed E-state index contributed by atoms with van der Waals surface area (Å²) in [5.74, 6) is 1.55. The van der Waals surface area contributed by atoms with Gasteiger partial charge in [-0.1, -0.05) is 24.3 Å². The topological polar surface area (TPSA) is 38.7 Å². The number of para-hydroxylation sites is 1. The first-order valence-corrected chi connectivity index (χ1v) is 7.13. The van der Waals surface area contributed by atoms with Crippen LogP contribution in [-0.4, -0.2) is 18.8 Å². The van der Waals surface area contributed by atoms with E-state index in [0.717, 1.165) is 28.2 Å². The molecular formula is C18H22O3. The molecule has 0 saturated carbocycles. The van der Waals surface area contributed by atoms with E-state index in [-0.39, 0.29) is 0 Å². The molecule has 2 aromatic rings. The van der Waals surface area contributed by atoms with E-state index in [4.69, 9.17) is 9.47 Å². The number of ether oxygens (including phenoxy) is 2. The third kappa shape index (κ3) is 3.99. The Morgan fingerprint density at radius 1 is 1.10 bits per heavy atom. The van der Waals surface area contributed by atoms with Crippen LogP contribution in [0, 0.1) is 13.8 Å². The molecule has 0 heterocycles. The maximum atomic E-state index is 10.4. The molecule has 0 spiro atoms. The molecule has 1 N–H and O–H groups in total. The molecule has 0 aliphatic rings. The van der Waals surface area contributed by atoms with Crippen LogP contribution in [0.2, 0.25) is 0 Å². The summed E-state index contributed by atoms with van der Waals surface area (Å²) in [5.41, 5.74) is 3.01.